The van der Waals surface area contributed by atoms with E-state index in [1.54, 1.807) is 26.6 Å². The van der Waals surface area contributed by atoms with Crippen LogP contribution < -0.4 is 14.5 Å². The van der Waals surface area contributed by atoms with Crippen molar-refractivity contribution in [3.05, 3.63) is 29.5 Å². The topological polar surface area (TPSA) is 32.6 Å². The second kappa shape index (κ2) is 3.54. The first-order valence-electron chi connectivity index (χ1n) is 4.31. The monoisotopic (exact) mass is 189 g/mol. The lowest BCUT2D eigenvalue weighted by molar-refractivity contribution is 0.355. The first-order chi connectivity index (χ1) is 6.85. The van der Waals surface area contributed by atoms with Crippen LogP contribution in [0.2, 0.25) is 0 Å². The number of hydrogen-bond donors (Lipinski definition) is 0. The third-order valence-electron chi connectivity index (χ3n) is 2.14. The molecule has 0 saturated heterocycles. The summed E-state index contributed by atoms with van der Waals surface area (Å²) in [6.45, 7) is 0. The van der Waals surface area contributed by atoms with Crippen LogP contribution in [0.15, 0.2) is 18.3 Å². The minimum atomic E-state index is 0.730. The van der Waals surface area contributed by atoms with Crippen molar-refractivity contribution in [1.82, 2.24) is 4.99 Å². The van der Waals surface area contributed by atoms with Crippen LogP contribution in [0.5, 0.6) is 11.5 Å². The van der Waals surface area contributed by atoms with Crippen LogP contribution in [-0.4, -0.2) is 20.4 Å². The Hall–Kier alpha value is -1.77. The van der Waals surface area contributed by atoms with Crippen molar-refractivity contribution in [1.29, 1.82) is 0 Å². The van der Waals surface area contributed by atoms with Gasteiger partial charge in [-0.1, -0.05) is 0 Å². The van der Waals surface area contributed by atoms with E-state index in [1.165, 1.54) is 0 Å². The summed E-state index contributed by atoms with van der Waals surface area (Å²) in [5.41, 5.74) is 2.14. The van der Waals surface area contributed by atoms with Gasteiger partial charge in [-0.3, -0.25) is 0 Å². The van der Waals surface area contributed by atoms with E-state index in [0.717, 1.165) is 22.6 Å². The minimum Gasteiger partial charge on any atom is -0.493 e. The first-order valence-corrected chi connectivity index (χ1v) is 4.31. The molecule has 0 aliphatic carbocycles. The molecular weight excluding hydrogens is 178 g/mol. The largest absolute Gasteiger partial charge is 0.493 e. The Labute approximate surface area is 82.7 Å². The van der Waals surface area contributed by atoms with E-state index in [-0.39, 0.29) is 0 Å². The fourth-order valence-electron chi connectivity index (χ4n) is 1.41. The van der Waals surface area contributed by atoms with E-state index >= 15 is 0 Å². The molecule has 0 atom stereocenters. The average molecular weight is 189 g/mol. The summed E-state index contributed by atoms with van der Waals surface area (Å²) in [5.74, 6) is 1.47. The van der Waals surface area contributed by atoms with Crippen molar-refractivity contribution in [3.63, 3.8) is 0 Å². The Morgan fingerprint density at radius 1 is 1.00 bits per heavy atom. The van der Waals surface area contributed by atoms with E-state index < -0.39 is 0 Å². The van der Waals surface area contributed by atoms with Crippen molar-refractivity contribution in [3.8, 4) is 11.5 Å². The predicted octanol–water partition coefficient (Wildman–Crippen LogP) is 1.44. The van der Waals surface area contributed by atoms with E-state index in [0.29, 0.717) is 0 Å². The quantitative estimate of drug-likeness (QED) is 0.705. The summed E-state index contributed by atoms with van der Waals surface area (Å²) in [7, 11) is 3.25. The highest BCUT2D eigenvalue weighted by atomic mass is 16.5. The SMILES string of the molecule is COc1cc2c(cc1OC)C=[N+]C=C2. The average Bonchev–Trinajstić information content (AvgIpc) is 2.27. The van der Waals surface area contributed by atoms with Gasteiger partial charge in [0.05, 0.1) is 24.8 Å². The normalized spacial score (nSPS) is 12.4. The maximum atomic E-state index is 5.20. The van der Waals surface area contributed by atoms with Gasteiger partial charge in [-0.05, 0) is 17.7 Å². The standard InChI is InChI=1S/C11H11NO2/c1-13-10-5-8-3-4-12-7-9(8)6-11(10)14-2/h3-7H,1-2H3/q+1. The molecule has 0 spiro atoms. The van der Waals surface area contributed by atoms with Crippen molar-refractivity contribution >= 4 is 12.3 Å². The third-order valence-corrected chi connectivity index (χ3v) is 2.14. The number of aliphatic imine (C=N–C) groups is 1. The summed E-state index contributed by atoms with van der Waals surface area (Å²) in [4.78, 5) is 4.05. The zero-order valence-electron chi connectivity index (χ0n) is 8.15. The van der Waals surface area contributed by atoms with Gasteiger partial charge in [0.15, 0.2) is 11.5 Å². The number of fused-ring (bicyclic) bond motifs is 1. The maximum absolute atomic E-state index is 5.20. The van der Waals surface area contributed by atoms with Crippen LogP contribution in [0.25, 0.3) is 6.08 Å². The highest BCUT2D eigenvalue weighted by molar-refractivity contribution is 5.88. The number of hydrogen-bond acceptors (Lipinski definition) is 3. The molecule has 2 rings (SSSR count). The molecule has 3 nitrogen and oxygen atoms in total. The Kier molecular flexibility index (Phi) is 2.23. The van der Waals surface area contributed by atoms with Gasteiger partial charge < -0.3 is 9.47 Å². The van der Waals surface area contributed by atoms with Crippen LogP contribution >= 0.6 is 0 Å². The van der Waals surface area contributed by atoms with E-state index in [2.05, 4.69) is 4.99 Å². The minimum absolute atomic E-state index is 0.730. The summed E-state index contributed by atoms with van der Waals surface area (Å²) in [6.07, 6.45) is 5.50. The van der Waals surface area contributed by atoms with Crippen molar-refractivity contribution < 1.29 is 9.47 Å². The van der Waals surface area contributed by atoms with Gasteiger partial charge in [-0.15, -0.1) is 0 Å². The highest BCUT2D eigenvalue weighted by Gasteiger charge is 2.13. The second-order valence-electron chi connectivity index (χ2n) is 2.93. The molecule has 1 aromatic carbocycles. The summed E-state index contributed by atoms with van der Waals surface area (Å²) in [5, 5.41) is 0. The molecule has 0 bridgehead atoms. The molecule has 0 N–H and O–H groups in total. The summed E-state index contributed by atoms with van der Waals surface area (Å²) < 4.78 is 10.4. The van der Waals surface area contributed by atoms with E-state index in [4.69, 9.17) is 9.47 Å². The molecule has 0 fully saturated rings. The number of methoxy groups -OCH3 is 2. The number of ether oxygens (including phenoxy) is 2. The van der Waals surface area contributed by atoms with Crippen molar-refractivity contribution in [2.75, 3.05) is 14.2 Å². The fraction of sp³-hybridized carbons (Fsp3) is 0.182. The maximum Gasteiger partial charge on any atom is 0.250 e. The summed E-state index contributed by atoms with van der Waals surface area (Å²) >= 11 is 0. The number of benzene rings is 1. The molecule has 3 heteroatoms. The molecular formula is C11H11NO2+. The van der Waals surface area contributed by atoms with Crippen molar-refractivity contribution in [2.45, 2.75) is 0 Å². The van der Waals surface area contributed by atoms with Crippen LogP contribution in [0.3, 0.4) is 0 Å². The molecule has 14 heavy (non-hydrogen) atoms. The van der Waals surface area contributed by atoms with Gasteiger partial charge in [0.1, 0.15) is 0 Å². The van der Waals surface area contributed by atoms with Crippen LogP contribution in [0.4, 0.5) is 0 Å². The van der Waals surface area contributed by atoms with Crippen LogP contribution in [-0.2, 0) is 0 Å². The zero-order valence-corrected chi connectivity index (χ0v) is 8.15. The van der Waals surface area contributed by atoms with E-state index in [1.807, 2.05) is 18.2 Å². The second-order valence-corrected chi connectivity index (χ2v) is 2.93. The molecule has 1 aromatic rings. The van der Waals surface area contributed by atoms with Gasteiger partial charge in [-0.2, -0.15) is 0 Å². The lowest BCUT2D eigenvalue weighted by Gasteiger charge is -2.09. The molecule has 1 radical (unpaired) electrons. The first kappa shape index (κ1) is 8.81. The van der Waals surface area contributed by atoms with Gasteiger partial charge in [0.2, 0.25) is 12.4 Å². The smallest absolute Gasteiger partial charge is 0.250 e. The van der Waals surface area contributed by atoms with Gasteiger partial charge in [-0.25, -0.2) is 0 Å². The molecule has 1 aliphatic rings. The number of nitrogens with zero attached hydrogens (tertiary/aromatic N) is 1. The Bertz CT molecular complexity index is 369. The highest BCUT2D eigenvalue weighted by Crippen LogP contribution is 2.30. The van der Waals surface area contributed by atoms with Crippen LogP contribution in [0.1, 0.15) is 11.1 Å². The Balaban J connectivity index is 2.56. The Morgan fingerprint density at radius 2 is 1.64 bits per heavy atom. The zero-order chi connectivity index (χ0) is 9.97. The third kappa shape index (κ3) is 1.37. The van der Waals surface area contributed by atoms with E-state index in [9.17, 15) is 0 Å². The molecule has 0 aromatic heterocycles. The van der Waals surface area contributed by atoms with Gasteiger partial charge >= 0.3 is 0 Å². The molecule has 0 amide bonds. The van der Waals surface area contributed by atoms with Crippen LogP contribution in [0, 0.1) is 0 Å². The Morgan fingerprint density at radius 3 is 2.29 bits per heavy atom. The summed E-state index contributed by atoms with van der Waals surface area (Å²) in [6, 6.07) is 3.86. The lowest BCUT2D eigenvalue weighted by atomic mass is 10.1. The fourth-order valence-corrected chi connectivity index (χ4v) is 1.41. The molecule has 1 heterocycles. The molecule has 0 unspecified atom stereocenters. The van der Waals surface area contributed by atoms with Gasteiger partial charge in [0.25, 0.3) is 0 Å². The predicted molar refractivity (Wildman–Crippen MR) is 55.9 cm³/mol. The molecule has 71 valence electrons. The molecule has 0 saturated carbocycles. The number of rotatable bonds is 2. The van der Waals surface area contributed by atoms with Crippen molar-refractivity contribution in [2.24, 2.45) is 0 Å². The lowest BCUT2D eigenvalue weighted by Crippen LogP contribution is -1.99. The molecule has 1 aliphatic heterocycles. The van der Waals surface area contributed by atoms with Gasteiger partial charge in [0, 0.05) is 6.08 Å².